The van der Waals surface area contributed by atoms with Crippen LogP contribution in [0.2, 0.25) is 10.0 Å². The Morgan fingerprint density at radius 2 is 1.83 bits per heavy atom. The first-order chi connectivity index (χ1) is 11.1. The maximum atomic E-state index is 12.4. The minimum Gasteiger partial charge on any atom is -0.378 e. The van der Waals surface area contributed by atoms with E-state index in [1.165, 1.54) is 4.68 Å². The molecular formula is C17H13Cl2N3O. The fourth-order valence-electron chi connectivity index (χ4n) is 2.15. The second kappa shape index (κ2) is 6.86. The van der Waals surface area contributed by atoms with Gasteiger partial charge in [0.05, 0.1) is 17.6 Å². The molecule has 0 atom stereocenters. The summed E-state index contributed by atoms with van der Waals surface area (Å²) in [6.07, 6.45) is 1.54. The van der Waals surface area contributed by atoms with Crippen molar-refractivity contribution >= 4 is 28.9 Å². The van der Waals surface area contributed by atoms with Crippen molar-refractivity contribution in [1.82, 2.24) is 9.78 Å². The van der Waals surface area contributed by atoms with Crippen LogP contribution >= 0.6 is 23.2 Å². The number of anilines is 1. The molecule has 0 saturated heterocycles. The highest BCUT2D eigenvalue weighted by atomic mass is 35.5. The number of aromatic nitrogens is 2. The fraction of sp³-hybridized carbons (Fsp3) is 0.0588. The number of nitrogens with one attached hydrogen (secondary N) is 1. The Labute approximate surface area is 143 Å². The van der Waals surface area contributed by atoms with Gasteiger partial charge in [0.25, 0.3) is 5.56 Å². The second-order valence-corrected chi connectivity index (χ2v) is 5.72. The lowest BCUT2D eigenvalue weighted by molar-refractivity contribution is 0.807. The molecule has 0 aliphatic rings. The van der Waals surface area contributed by atoms with E-state index in [9.17, 15) is 4.79 Å². The SMILES string of the molecule is O=c1c(Cl)c(NCc2cccc(Cl)c2)cnn1-c1ccccc1. The van der Waals surface area contributed by atoms with Crippen LogP contribution < -0.4 is 10.9 Å². The van der Waals surface area contributed by atoms with E-state index in [1.807, 2.05) is 36.4 Å². The molecule has 0 amide bonds. The van der Waals surface area contributed by atoms with E-state index in [-0.39, 0.29) is 10.6 Å². The summed E-state index contributed by atoms with van der Waals surface area (Å²) in [5, 5.41) is 8.04. The number of hydrogen-bond acceptors (Lipinski definition) is 3. The molecule has 6 heteroatoms. The van der Waals surface area contributed by atoms with Crippen LogP contribution in [-0.2, 0) is 6.54 Å². The molecular weight excluding hydrogens is 333 g/mol. The molecule has 1 aromatic heterocycles. The number of nitrogens with zero attached hydrogens (tertiary/aromatic N) is 2. The first-order valence-corrected chi connectivity index (χ1v) is 7.72. The predicted octanol–water partition coefficient (Wildman–Crippen LogP) is 4.15. The van der Waals surface area contributed by atoms with Crippen molar-refractivity contribution in [2.45, 2.75) is 6.54 Å². The normalized spacial score (nSPS) is 10.5. The number of benzene rings is 2. The van der Waals surface area contributed by atoms with E-state index in [0.29, 0.717) is 22.9 Å². The summed E-state index contributed by atoms with van der Waals surface area (Å²) < 4.78 is 1.27. The van der Waals surface area contributed by atoms with E-state index in [0.717, 1.165) is 5.56 Å². The molecule has 3 rings (SSSR count). The molecule has 23 heavy (non-hydrogen) atoms. The lowest BCUT2D eigenvalue weighted by atomic mass is 10.2. The summed E-state index contributed by atoms with van der Waals surface area (Å²) in [5.74, 6) is 0. The van der Waals surface area contributed by atoms with Gasteiger partial charge in [-0.25, -0.2) is 0 Å². The van der Waals surface area contributed by atoms with Crippen molar-refractivity contribution in [3.63, 3.8) is 0 Å². The smallest absolute Gasteiger partial charge is 0.292 e. The van der Waals surface area contributed by atoms with Crippen molar-refractivity contribution < 1.29 is 0 Å². The van der Waals surface area contributed by atoms with Crippen LogP contribution in [0.3, 0.4) is 0 Å². The third kappa shape index (κ3) is 3.55. The molecule has 116 valence electrons. The Hall–Kier alpha value is -2.30. The molecule has 1 heterocycles. The van der Waals surface area contributed by atoms with Gasteiger partial charge in [-0.1, -0.05) is 53.5 Å². The third-order valence-corrected chi connectivity index (χ3v) is 3.89. The zero-order valence-corrected chi connectivity index (χ0v) is 13.6. The van der Waals surface area contributed by atoms with E-state index >= 15 is 0 Å². The second-order valence-electron chi connectivity index (χ2n) is 4.91. The van der Waals surface area contributed by atoms with Crippen LogP contribution in [0.4, 0.5) is 5.69 Å². The molecule has 0 aliphatic carbocycles. The molecule has 0 radical (unpaired) electrons. The number of hydrogen-bond donors (Lipinski definition) is 1. The van der Waals surface area contributed by atoms with Crippen LogP contribution in [-0.4, -0.2) is 9.78 Å². The first kappa shape index (κ1) is 15.6. The molecule has 0 bridgehead atoms. The monoisotopic (exact) mass is 345 g/mol. The van der Waals surface area contributed by atoms with Gasteiger partial charge in [-0.05, 0) is 29.8 Å². The standard InChI is InChI=1S/C17H13Cl2N3O/c18-13-6-4-5-12(9-13)10-20-15-11-21-22(17(23)16(15)19)14-7-2-1-3-8-14/h1-9,11,20H,10H2. The van der Waals surface area contributed by atoms with Gasteiger partial charge in [0.15, 0.2) is 0 Å². The summed E-state index contributed by atoms with van der Waals surface area (Å²) in [6.45, 7) is 0.497. The van der Waals surface area contributed by atoms with Gasteiger partial charge in [-0.2, -0.15) is 9.78 Å². The highest BCUT2D eigenvalue weighted by Gasteiger charge is 2.10. The van der Waals surface area contributed by atoms with Crippen molar-refractivity contribution in [1.29, 1.82) is 0 Å². The third-order valence-electron chi connectivity index (χ3n) is 3.29. The van der Waals surface area contributed by atoms with Gasteiger partial charge in [0.1, 0.15) is 5.02 Å². The topological polar surface area (TPSA) is 46.9 Å². The van der Waals surface area contributed by atoms with Crippen molar-refractivity contribution in [2.24, 2.45) is 0 Å². The Bertz CT molecular complexity index is 879. The van der Waals surface area contributed by atoms with E-state index in [1.54, 1.807) is 24.4 Å². The molecule has 0 aliphatic heterocycles. The summed E-state index contributed by atoms with van der Waals surface area (Å²) in [6, 6.07) is 16.6. The average molecular weight is 346 g/mol. The van der Waals surface area contributed by atoms with Crippen molar-refractivity contribution in [3.05, 3.63) is 86.8 Å². The summed E-state index contributed by atoms with van der Waals surface area (Å²) in [7, 11) is 0. The molecule has 0 spiro atoms. The predicted molar refractivity (Wildman–Crippen MR) is 93.6 cm³/mol. The number of rotatable bonds is 4. The summed E-state index contributed by atoms with van der Waals surface area (Å²) >= 11 is 12.1. The Morgan fingerprint density at radius 1 is 1.04 bits per heavy atom. The lowest BCUT2D eigenvalue weighted by Gasteiger charge is -2.10. The van der Waals surface area contributed by atoms with Gasteiger partial charge in [0, 0.05) is 11.6 Å². The molecule has 1 N–H and O–H groups in total. The molecule has 0 saturated carbocycles. The zero-order chi connectivity index (χ0) is 16.2. The maximum Gasteiger partial charge on any atom is 0.292 e. The van der Waals surface area contributed by atoms with Crippen LogP contribution in [0.5, 0.6) is 0 Å². The Kier molecular flexibility index (Phi) is 4.65. The maximum absolute atomic E-state index is 12.4. The minimum atomic E-state index is -0.367. The number of para-hydroxylation sites is 1. The van der Waals surface area contributed by atoms with E-state index in [2.05, 4.69) is 10.4 Å². The van der Waals surface area contributed by atoms with Crippen LogP contribution in [0.25, 0.3) is 5.69 Å². The van der Waals surface area contributed by atoms with Gasteiger partial charge in [-0.3, -0.25) is 4.79 Å². The van der Waals surface area contributed by atoms with Crippen LogP contribution in [0.1, 0.15) is 5.56 Å². The summed E-state index contributed by atoms with van der Waals surface area (Å²) in [5.41, 5.74) is 1.78. The van der Waals surface area contributed by atoms with Gasteiger partial charge >= 0.3 is 0 Å². The highest BCUT2D eigenvalue weighted by Crippen LogP contribution is 2.18. The van der Waals surface area contributed by atoms with E-state index < -0.39 is 0 Å². The molecule has 2 aromatic carbocycles. The largest absolute Gasteiger partial charge is 0.378 e. The first-order valence-electron chi connectivity index (χ1n) is 6.97. The van der Waals surface area contributed by atoms with Crippen LogP contribution in [0.15, 0.2) is 65.6 Å². The van der Waals surface area contributed by atoms with Crippen molar-refractivity contribution in [2.75, 3.05) is 5.32 Å². The highest BCUT2D eigenvalue weighted by molar-refractivity contribution is 6.33. The zero-order valence-electron chi connectivity index (χ0n) is 12.0. The Morgan fingerprint density at radius 3 is 2.57 bits per heavy atom. The van der Waals surface area contributed by atoms with Gasteiger partial charge in [0.2, 0.25) is 0 Å². The van der Waals surface area contributed by atoms with Gasteiger partial charge in [-0.15, -0.1) is 0 Å². The lowest BCUT2D eigenvalue weighted by Crippen LogP contribution is -2.22. The number of halogens is 2. The molecule has 0 unspecified atom stereocenters. The molecule has 3 aromatic rings. The Balaban J connectivity index is 1.85. The fourth-order valence-corrected chi connectivity index (χ4v) is 2.56. The molecule has 0 fully saturated rings. The van der Waals surface area contributed by atoms with Crippen LogP contribution in [0, 0.1) is 0 Å². The van der Waals surface area contributed by atoms with Crippen molar-refractivity contribution in [3.8, 4) is 5.69 Å². The quantitative estimate of drug-likeness (QED) is 0.772. The minimum absolute atomic E-state index is 0.103. The average Bonchev–Trinajstić information content (AvgIpc) is 2.57. The summed E-state index contributed by atoms with van der Waals surface area (Å²) in [4.78, 5) is 12.4. The van der Waals surface area contributed by atoms with Gasteiger partial charge < -0.3 is 5.32 Å². The van der Waals surface area contributed by atoms with E-state index in [4.69, 9.17) is 23.2 Å². The molecule has 4 nitrogen and oxygen atoms in total.